The molecule has 0 aliphatic carbocycles. The van der Waals surface area contributed by atoms with Gasteiger partial charge in [0.05, 0.1) is 0 Å². The third kappa shape index (κ3) is 1.02. The first-order valence-electron chi connectivity index (χ1n) is 4.31. The van der Waals surface area contributed by atoms with Gasteiger partial charge in [0, 0.05) is 10.9 Å². The number of para-hydroxylation sites is 1. The molecule has 2 N–H and O–H groups in total. The summed E-state index contributed by atoms with van der Waals surface area (Å²) in [6.07, 6.45) is 0. The van der Waals surface area contributed by atoms with Crippen molar-refractivity contribution in [3.8, 4) is 0 Å². The minimum Gasteiger partial charge on any atom is -0.340 e. The molecule has 0 amide bonds. The quantitative estimate of drug-likeness (QED) is 0.568. The van der Waals surface area contributed by atoms with E-state index in [9.17, 15) is 0 Å². The maximum absolute atomic E-state index is 4.18. The summed E-state index contributed by atoms with van der Waals surface area (Å²) in [7, 11) is 0. The van der Waals surface area contributed by atoms with Crippen LogP contribution in [-0.4, -0.2) is 10.5 Å². The predicted octanol–water partition coefficient (Wildman–Crippen LogP) is 2.89. The Morgan fingerprint density at radius 3 is 3.07 bits per heavy atom. The van der Waals surface area contributed by atoms with Crippen molar-refractivity contribution in [1.29, 1.82) is 0 Å². The molecular weight excluding hydrogens is 196 g/mol. The summed E-state index contributed by atoms with van der Waals surface area (Å²) >= 11 is 4.18. The highest BCUT2D eigenvalue weighted by atomic mass is 32.1. The molecule has 0 bridgehead atoms. The van der Waals surface area contributed by atoms with Crippen molar-refractivity contribution in [2.24, 2.45) is 10.2 Å². The van der Waals surface area contributed by atoms with Crippen LogP contribution in [0, 0.1) is 0 Å². The summed E-state index contributed by atoms with van der Waals surface area (Å²) in [5.41, 5.74) is 1.67. The van der Waals surface area contributed by atoms with Crippen molar-refractivity contribution in [3.05, 3.63) is 24.3 Å². The lowest BCUT2D eigenvalue weighted by Gasteiger charge is -2.11. The van der Waals surface area contributed by atoms with Gasteiger partial charge in [-0.15, -0.1) is 17.7 Å². The number of rotatable bonds is 0. The van der Waals surface area contributed by atoms with E-state index in [1.807, 2.05) is 24.3 Å². The average molecular weight is 204 g/mol. The first kappa shape index (κ1) is 7.87. The number of aromatic nitrogens is 1. The van der Waals surface area contributed by atoms with E-state index in [1.165, 1.54) is 0 Å². The van der Waals surface area contributed by atoms with Crippen molar-refractivity contribution in [2.45, 2.75) is 5.50 Å². The number of azo groups is 1. The minimum atomic E-state index is -0.254. The minimum absolute atomic E-state index is 0.254. The second-order valence-corrected chi connectivity index (χ2v) is 3.62. The number of thiol groups is 1. The third-order valence-electron chi connectivity index (χ3n) is 2.22. The molecule has 2 heterocycles. The van der Waals surface area contributed by atoms with Crippen LogP contribution >= 0.6 is 12.6 Å². The predicted molar refractivity (Wildman–Crippen MR) is 59.2 cm³/mol. The number of anilines is 1. The zero-order valence-corrected chi connectivity index (χ0v) is 8.12. The van der Waals surface area contributed by atoms with Gasteiger partial charge in [0.1, 0.15) is 11.5 Å². The molecule has 1 unspecified atom stereocenters. The molecular formula is C9H8N4S. The van der Waals surface area contributed by atoms with Crippen molar-refractivity contribution < 1.29 is 0 Å². The topological polar surface area (TPSA) is 52.5 Å². The van der Waals surface area contributed by atoms with Crippen LogP contribution in [0.3, 0.4) is 0 Å². The molecule has 4 nitrogen and oxygen atoms in total. The Morgan fingerprint density at radius 1 is 1.29 bits per heavy atom. The van der Waals surface area contributed by atoms with Gasteiger partial charge in [-0.25, -0.2) is 0 Å². The van der Waals surface area contributed by atoms with Gasteiger partial charge in [-0.2, -0.15) is 5.11 Å². The lowest BCUT2D eigenvalue weighted by molar-refractivity contribution is 0.929. The molecule has 1 aliphatic rings. The fourth-order valence-corrected chi connectivity index (χ4v) is 1.79. The van der Waals surface area contributed by atoms with E-state index in [0.717, 1.165) is 22.4 Å². The number of fused-ring (bicyclic) bond motifs is 3. The molecule has 0 radical (unpaired) electrons. The molecule has 0 fully saturated rings. The van der Waals surface area contributed by atoms with Gasteiger partial charge >= 0.3 is 0 Å². The Kier molecular flexibility index (Phi) is 1.55. The fraction of sp³-hybridized carbons (Fsp3) is 0.111. The first-order valence-corrected chi connectivity index (χ1v) is 4.82. The van der Waals surface area contributed by atoms with Gasteiger partial charge in [0.2, 0.25) is 0 Å². The van der Waals surface area contributed by atoms with E-state index in [0.29, 0.717) is 0 Å². The molecule has 70 valence electrons. The monoisotopic (exact) mass is 204 g/mol. The van der Waals surface area contributed by atoms with Gasteiger partial charge in [-0.3, -0.25) is 0 Å². The number of aromatic amines is 1. The Hall–Kier alpha value is -1.49. The van der Waals surface area contributed by atoms with Gasteiger partial charge < -0.3 is 10.3 Å². The molecule has 1 aliphatic heterocycles. The second-order valence-electron chi connectivity index (χ2n) is 3.13. The van der Waals surface area contributed by atoms with E-state index in [-0.39, 0.29) is 5.50 Å². The molecule has 1 atom stereocenters. The molecule has 5 heteroatoms. The summed E-state index contributed by atoms with van der Waals surface area (Å²) < 4.78 is 0. The van der Waals surface area contributed by atoms with Crippen molar-refractivity contribution in [3.63, 3.8) is 0 Å². The number of nitrogens with zero attached hydrogens (tertiary/aromatic N) is 2. The van der Waals surface area contributed by atoms with Crippen molar-refractivity contribution in [2.75, 3.05) is 5.32 Å². The number of hydrogen-bond donors (Lipinski definition) is 3. The maximum Gasteiger partial charge on any atom is 0.185 e. The van der Waals surface area contributed by atoms with Crippen LogP contribution in [-0.2, 0) is 0 Å². The largest absolute Gasteiger partial charge is 0.340 e. The highest BCUT2D eigenvalue weighted by Gasteiger charge is 2.16. The number of hydrogen-bond acceptors (Lipinski definition) is 4. The Balaban J connectivity index is 2.32. The third-order valence-corrected chi connectivity index (χ3v) is 2.45. The van der Waals surface area contributed by atoms with E-state index >= 15 is 0 Å². The Bertz CT molecular complexity index is 517. The number of H-pyrrole nitrogens is 1. The molecule has 2 aromatic rings. The SMILES string of the molecule is SC1N=Nc2c([nH]c3ccccc23)N1. The number of benzene rings is 1. The fourth-order valence-electron chi connectivity index (χ4n) is 1.61. The summed E-state index contributed by atoms with van der Waals surface area (Å²) in [6.45, 7) is 0. The summed E-state index contributed by atoms with van der Waals surface area (Å²) in [5, 5.41) is 12.2. The molecule has 0 spiro atoms. The smallest absolute Gasteiger partial charge is 0.185 e. The van der Waals surface area contributed by atoms with E-state index in [4.69, 9.17) is 0 Å². The summed E-state index contributed by atoms with van der Waals surface area (Å²) in [5.74, 6) is 0.890. The van der Waals surface area contributed by atoms with Gasteiger partial charge in [-0.05, 0) is 6.07 Å². The molecule has 1 aromatic heterocycles. The van der Waals surface area contributed by atoms with Crippen molar-refractivity contribution >= 4 is 35.0 Å². The molecule has 14 heavy (non-hydrogen) atoms. The van der Waals surface area contributed by atoms with E-state index in [1.54, 1.807) is 0 Å². The van der Waals surface area contributed by atoms with E-state index in [2.05, 4.69) is 33.2 Å². The number of nitrogens with one attached hydrogen (secondary N) is 2. The van der Waals surface area contributed by atoms with Crippen LogP contribution in [0.2, 0.25) is 0 Å². The van der Waals surface area contributed by atoms with Crippen LogP contribution in [0.4, 0.5) is 11.5 Å². The van der Waals surface area contributed by atoms with E-state index < -0.39 is 0 Å². The highest BCUT2D eigenvalue weighted by molar-refractivity contribution is 7.81. The zero-order chi connectivity index (χ0) is 9.54. The Labute approximate surface area is 85.8 Å². The molecule has 3 rings (SSSR count). The highest BCUT2D eigenvalue weighted by Crippen LogP contribution is 2.37. The molecule has 1 aromatic carbocycles. The normalized spacial score (nSPS) is 19.4. The lowest BCUT2D eigenvalue weighted by Crippen LogP contribution is -2.11. The van der Waals surface area contributed by atoms with Gasteiger partial charge in [-0.1, -0.05) is 18.2 Å². The maximum atomic E-state index is 4.18. The lowest BCUT2D eigenvalue weighted by atomic mass is 10.2. The van der Waals surface area contributed by atoms with Crippen LogP contribution in [0.1, 0.15) is 0 Å². The average Bonchev–Trinajstić information content (AvgIpc) is 2.54. The summed E-state index contributed by atoms with van der Waals surface area (Å²) in [6, 6.07) is 8.00. The van der Waals surface area contributed by atoms with Crippen LogP contribution < -0.4 is 5.32 Å². The summed E-state index contributed by atoms with van der Waals surface area (Å²) in [4.78, 5) is 3.23. The van der Waals surface area contributed by atoms with Gasteiger partial charge in [0.15, 0.2) is 5.50 Å². The second kappa shape index (κ2) is 2.75. The first-order chi connectivity index (χ1) is 6.84. The molecule has 0 saturated heterocycles. The van der Waals surface area contributed by atoms with Crippen LogP contribution in [0.25, 0.3) is 10.9 Å². The Morgan fingerprint density at radius 2 is 2.14 bits per heavy atom. The van der Waals surface area contributed by atoms with Crippen LogP contribution in [0.15, 0.2) is 34.5 Å². The van der Waals surface area contributed by atoms with Crippen LogP contribution in [0.5, 0.6) is 0 Å². The standard InChI is InChI=1S/C9H8N4S/c14-9-11-8-7(12-13-9)5-3-1-2-4-6(5)10-8/h1-4,9-11,14H. The van der Waals surface area contributed by atoms with Gasteiger partial charge in [0.25, 0.3) is 0 Å². The van der Waals surface area contributed by atoms with Crippen molar-refractivity contribution in [1.82, 2.24) is 4.98 Å². The molecule has 0 saturated carbocycles. The zero-order valence-electron chi connectivity index (χ0n) is 7.23.